The highest BCUT2D eigenvalue weighted by atomic mass is 32.1. The zero-order chi connectivity index (χ0) is 17.8. The molecule has 0 N–H and O–H groups in total. The van der Waals surface area contributed by atoms with Crippen LogP contribution < -0.4 is 4.90 Å². The first-order valence-electron chi connectivity index (χ1n) is 9.55. The first-order chi connectivity index (χ1) is 12.6. The van der Waals surface area contributed by atoms with Gasteiger partial charge in [0.15, 0.2) is 5.13 Å². The largest absolute Gasteiger partial charge is 0.342 e. The number of fused-ring (bicyclic) bond motifs is 2. The normalized spacial score (nSPS) is 28.3. The van der Waals surface area contributed by atoms with Crippen LogP contribution in [-0.2, 0) is 9.59 Å². The lowest BCUT2D eigenvalue weighted by Gasteiger charge is -2.21. The molecule has 1 saturated carbocycles. The van der Waals surface area contributed by atoms with Gasteiger partial charge in [0.1, 0.15) is 0 Å². The molecule has 26 heavy (non-hydrogen) atoms. The fraction of sp³-hybridized carbons (Fsp3) is 0.550. The molecule has 0 radical (unpaired) electrons. The molecule has 2 saturated heterocycles. The van der Waals surface area contributed by atoms with E-state index in [4.69, 9.17) is 0 Å². The number of thiazole rings is 1. The molecule has 6 heteroatoms. The zero-order valence-electron chi connectivity index (χ0n) is 15.0. The van der Waals surface area contributed by atoms with Crippen molar-refractivity contribution in [2.45, 2.75) is 32.6 Å². The maximum absolute atomic E-state index is 12.9. The number of hydrogen-bond donors (Lipinski definition) is 0. The summed E-state index contributed by atoms with van der Waals surface area (Å²) >= 11 is 1.54. The lowest BCUT2D eigenvalue weighted by Crippen LogP contribution is -2.36. The van der Waals surface area contributed by atoms with Gasteiger partial charge in [-0.05, 0) is 49.3 Å². The Morgan fingerprint density at radius 2 is 1.96 bits per heavy atom. The molecule has 2 amide bonds. The molecule has 3 heterocycles. The summed E-state index contributed by atoms with van der Waals surface area (Å²) in [4.78, 5) is 33.9. The van der Waals surface area contributed by atoms with Crippen molar-refractivity contribution in [3.05, 3.63) is 23.8 Å². The predicted octanol–water partition coefficient (Wildman–Crippen LogP) is 3.22. The molecule has 5 nitrogen and oxygen atoms in total. The Balaban J connectivity index is 1.33. The van der Waals surface area contributed by atoms with Gasteiger partial charge >= 0.3 is 0 Å². The van der Waals surface area contributed by atoms with Crippen molar-refractivity contribution in [3.8, 4) is 0 Å². The van der Waals surface area contributed by atoms with Gasteiger partial charge in [-0.3, -0.25) is 14.5 Å². The Labute approximate surface area is 157 Å². The summed E-state index contributed by atoms with van der Waals surface area (Å²) in [5.41, 5.74) is 2.11. The second-order valence-corrected chi connectivity index (χ2v) is 9.08. The SMILES string of the molecule is Cc1ccc2nc(N3CC(C(=O)N4C[C@H]5CCC[C@H]5C4)CC3=O)sc2c1. The average molecular weight is 369 g/mol. The van der Waals surface area contributed by atoms with Crippen LogP contribution in [0.15, 0.2) is 18.2 Å². The number of nitrogens with zero attached hydrogens (tertiary/aromatic N) is 3. The maximum Gasteiger partial charge on any atom is 0.229 e. The monoisotopic (exact) mass is 369 g/mol. The van der Waals surface area contributed by atoms with E-state index in [0.717, 1.165) is 28.4 Å². The van der Waals surface area contributed by atoms with E-state index >= 15 is 0 Å². The van der Waals surface area contributed by atoms with Crippen molar-refractivity contribution in [2.75, 3.05) is 24.5 Å². The van der Waals surface area contributed by atoms with Crippen LogP contribution in [0.2, 0.25) is 0 Å². The van der Waals surface area contributed by atoms with E-state index in [2.05, 4.69) is 18.0 Å². The third-order valence-electron chi connectivity index (χ3n) is 6.28. The minimum absolute atomic E-state index is 0.0264. The summed E-state index contributed by atoms with van der Waals surface area (Å²) in [6.07, 6.45) is 4.15. The van der Waals surface area contributed by atoms with Gasteiger partial charge in [0.05, 0.1) is 16.1 Å². The van der Waals surface area contributed by atoms with Crippen LogP contribution in [0.5, 0.6) is 0 Å². The van der Waals surface area contributed by atoms with Crippen LogP contribution in [0.25, 0.3) is 10.2 Å². The number of aromatic nitrogens is 1. The van der Waals surface area contributed by atoms with Gasteiger partial charge in [0.2, 0.25) is 11.8 Å². The van der Waals surface area contributed by atoms with Crippen molar-refractivity contribution >= 4 is 38.5 Å². The molecule has 136 valence electrons. The van der Waals surface area contributed by atoms with E-state index in [1.165, 1.54) is 24.8 Å². The minimum atomic E-state index is -0.213. The third kappa shape index (κ3) is 2.62. The van der Waals surface area contributed by atoms with Crippen molar-refractivity contribution in [2.24, 2.45) is 17.8 Å². The lowest BCUT2D eigenvalue weighted by molar-refractivity contribution is -0.135. The van der Waals surface area contributed by atoms with Crippen molar-refractivity contribution in [1.82, 2.24) is 9.88 Å². The van der Waals surface area contributed by atoms with E-state index in [1.807, 2.05) is 17.0 Å². The van der Waals surface area contributed by atoms with E-state index in [0.29, 0.717) is 24.8 Å². The third-order valence-corrected chi connectivity index (χ3v) is 7.32. The molecule has 2 aliphatic heterocycles. The van der Waals surface area contributed by atoms with Gasteiger partial charge < -0.3 is 4.90 Å². The van der Waals surface area contributed by atoms with Gasteiger partial charge in [-0.25, -0.2) is 4.98 Å². The summed E-state index contributed by atoms with van der Waals surface area (Å²) in [5.74, 6) is 1.38. The molecule has 1 aromatic carbocycles. The summed E-state index contributed by atoms with van der Waals surface area (Å²) in [7, 11) is 0. The minimum Gasteiger partial charge on any atom is -0.342 e. The number of rotatable bonds is 2. The molecule has 3 fully saturated rings. The molecule has 1 unspecified atom stereocenters. The summed E-state index contributed by atoms with van der Waals surface area (Å²) in [6, 6.07) is 6.13. The highest BCUT2D eigenvalue weighted by molar-refractivity contribution is 7.22. The van der Waals surface area contributed by atoms with Crippen molar-refractivity contribution in [3.63, 3.8) is 0 Å². The van der Waals surface area contributed by atoms with Crippen molar-refractivity contribution < 1.29 is 9.59 Å². The topological polar surface area (TPSA) is 53.5 Å². The van der Waals surface area contributed by atoms with E-state index < -0.39 is 0 Å². The van der Waals surface area contributed by atoms with Crippen LogP contribution >= 0.6 is 11.3 Å². The second-order valence-electron chi connectivity index (χ2n) is 8.07. The Morgan fingerprint density at radius 3 is 2.73 bits per heavy atom. The van der Waals surface area contributed by atoms with Gasteiger partial charge in [0.25, 0.3) is 0 Å². The van der Waals surface area contributed by atoms with Crippen LogP contribution in [-0.4, -0.2) is 41.3 Å². The molecule has 0 bridgehead atoms. The zero-order valence-corrected chi connectivity index (χ0v) is 15.8. The van der Waals surface area contributed by atoms with Gasteiger partial charge in [0, 0.05) is 26.1 Å². The average Bonchev–Trinajstić information content (AvgIpc) is 3.34. The van der Waals surface area contributed by atoms with E-state index in [1.54, 1.807) is 16.2 Å². The van der Waals surface area contributed by atoms with Crippen LogP contribution in [0.1, 0.15) is 31.2 Å². The van der Waals surface area contributed by atoms with Crippen LogP contribution in [0, 0.1) is 24.7 Å². The number of hydrogen-bond acceptors (Lipinski definition) is 4. The fourth-order valence-electron chi connectivity index (χ4n) is 4.87. The quantitative estimate of drug-likeness (QED) is 0.817. The summed E-state index contributed by atoms with van der Waals surface area (Å²) in [6.45, 7) is 4.32. The first-order valence-corrected chi connectivity index (χ1v) is 10.4. The summed E-state index contributed by atoms with van der Waals surface area (Å²) < 4.78 is 1.09. The molecular formula is C20H23N3O2S. The van der Waals surface area contributed by atoms with Crippen LogP contribution in [0.4, 0.5) is 5.13 Å². The van der Waals surface area contributed by atoms with Gasteiger partial charge in [-0.15, -0.1) is 0 Å². The standard InChI is InChI=1S/C20H23N3O2S/c1-12-5-6-16-17(7-12)26-20(21-16)23-11-15(8-18(23)24)19(25)22-9-13-3-2-4-14(13)10-22/h5-7,13-15H,2-4,8-11H2,1H3/t13-,14+,15?. The molecule has 3 atom stereocenters. The summed E-state index contributed by atoms with van der Waals surface area (Å²) in [5, 5.41) is 0.726. The number of anilines is 1. The van der Waals surface area contributed by atoms with Crippen molar-refractivity contribution in [1.29, 1.82) is 0 Å². The second kappa shape index (κ2) is 6.05. The molecule has 3 aliphatic rings. The smallest absolute Gasteiger partial charge is 0.229 e. The lowest BCUT2D eigenvalue weighted by atomic mass is 10.0. The van der Waals surface area contributed by atoms with Gasteiger partial charge in [-0.2, -0.15) is 0 Å². The molecular weight excluding hydrogens is 346 g/mol. The Bertz CT molecular complexity index is 880. The Hall–Kier alpha value is -1.95. The van der Waals surface area contributed by atoms with E-state index in [-0.39, 0.29) is 17.7 Å². The molecule has 1 aromatic heterocycles. The van der Waals surface area contributed by atoms with Crippen LogP contribution in [0.3, 0.4) is 0 Å². The number of benzene rings is 1. The first kappa shape index (κ1) is 16.2. The highest BCUT2D eigenvalue weighted by Gasteiger charge is 2.43. The Kier molecular flexibility index (Phi) is 3.78. The molecule has 0 spiro atoms. The number of likely N-dealkylation sites (tertiary alicyclic amines) is 1. The maximum atomic E-state index is 12.9. The van der Waals surface area contributed by atoms with Gasteiger partial charge in [-0.1, -0.05) is 23.8 Å². The number of carbonyl (C=O) groups is 2. The molecule has 1 aliphatic carbocycles. The number of carbonyl (C=O) groups excluding carboxylic acids is 2. The van der Waals surface area contributed by atoms with E-state index in [9.17, 15) is 9.59 Å². The molecule has 5 rings (SSSR count). The number of aryl methyl sites for hydroxylation is 1. The predicted molar refractivity (Wildman–Crippen MR) is 102 cm³/mol. The number of amides is 2. The molecule has 2 aromatic rings. The highest BCUT2D eigenvalue weighted by Crippen LogP contribution is 2.39. The Morgan fingerprint density at radius 1 is 1.19 bits per heavy atom. The fourth-order valence-corrected chi connectivity index (χ4v) is 5.96.